The Morgan fingerprint density at radius 1 is 0.485 bits per heavy atom. The molecule has 0 aromatic heterocycles. The summed E-state index contributed by atoms with van der Waals surface area (Å²) >= 11 is 0. The van der Waals surface area contributed by atoms with Crippen molar-refractivity contribution in [1.82, 2.24) is 0 Å². The molecule has 0 nitrogen and oxygen atoms in total. The third-order valence-corrected chi connectivity index (χ3v) is 13.6. The summed E-state index contributed by atoms with van der Waals surface area (Å²) < 4.78 is 0. The Labute approximate surface area is 199 Å². The molecule has 33 heavy (non-hydrogen) atoms. The zero-order valence-electron chi connectivity index (χ0n) is 18.7. The van der Waals surface area contributed by atoms with E-state index in [1.807, 2.05) is 0 Å². The molecule has 0 atom stereocenters. The number of benzene rings is 4. The summed E-state index contributed by atoms with van der Waals surface area (Å²) in [6, 6.07) is 44.7. The van der Waals surface area contributed by atoms with Gasteiger partial charge in [-0.25, -0.2) is 0 Å². The molecular weight excluding hydrogens is 434 g/mol. The maximum Gasteiger partial charge on any atom is -0.0195 e. The minimum absolute atomic E-state index is 0.444. The van der Waals surface area contributed by atoms with Crippen LogP contribution in [0.2, 0.25) is 0 Å². The Balaban J connectivity index is 1.66. The van der Waals surface area contributed by atoms with E-state index < -0.39 is 14.8 Å². The van der Waals surface area contributed by atoms with Crippen molar-refractivity contribution in [3.8, 4) is 0 Å². The van der Waals surface area contributed by atoms with E-state index >= 15 is 0 Å². The van der Waals surface area contributed by atoms with Gasteiger partial charge in [-0.05, 0) is 53.6 Å². The van der Waals surface area contributed by atoms with E-state index in [-0.39, 0.29) is 0 Å². The van der Waals surface area contributed by atoms with Crippen molar-refractivity contribution in [2.45, 2.75) is 0 Å². The topological polar surface area (TPSA) is 0 Å². The lowest BCUT2D eigenvalue weighted by Gasteiger charge is -2.32. The Kier molecular flexibility index (Phi) is 6.87. The van der Waals surface area contributed by atoms with Crippen molar-refractivity contribution in [3.05, 3.63) is 146 Å². The molecular formula is C31H28P2. The average molecular weight is 463 g/mol. The number of rotatable bonds is 7. The Morgan fingerprint density at radius 3 is 1.30 bits per heavy atom. The molecule has 0 radical (unpaired) electrons. The van der Waals surface area contributed by atoms with Crippen LogP contribution in [-0.4, -0.2) is 17.6 Å². The third kappa shape index (κ3) is 4.60. The summed E-state index contributed by atoms with van der Waals surface area (Å²) in [5.74, 6) is 0. The molecule has 0 N–H and O–H groups in total. The van der Waals surface area contributed by atoms with Crippen LogP contribution in [0.3, 0.4) is 0 Å². The molecule has 1 aliphatic carbocycles. The SMILES string of the molecule is C1=CC(=P(CCP(c2ccccc2)c2ccccc2)(c2ccccc2)c2ccccc2)C=C1. The quantitative estimate of drug-likeness (QED) is 0.292. The lowest BCUT2D eigenvalue weighted by atomic mass is 10.4. The van der Waals surface area contributed by atoms with Gasteiger partial charge in [0.2, 0.25) is 0 Å². The van der Waals surface area contributed by atoms with Crippen LogP contribution < -0.4 is 21.2 Å². The lowest BCUT2D eigenvalue weighted by molar-refractivity contribution is 1.50. The summed E-state index contributed by atoms with van der Waals surface area (Å²) in [4.78, 5) is 0. The van der Waals surface area contributed by atoms with Gasteiger partial charge < -0.3 is 0 Å². The molecule has 0 unspecified atom stereocenters. The molecule has 0 bridgehead atoms. The maximum absolute atomic E-state index is 2.35. The van der Waals surface area contributed by atoms with Gasteiger partial charge in [0, 0.05) is 0 Å². The summed E-state index contributed by atoms with van der Waals surface area (Å²) in [5.41, 5.74) is 0. The van der Waals surface area contributed by atoms with Gasteiger partial charge >= 0.3 is 0 Å². The number of hydrogen-bond acceptors (Lipinski definition) is 0. The largest absolute Gasteiger partial charge is 0.0622 e. The second-order valence-electron chi connectivity index (χ2n) is 8.17. The van der Waals surface area contributed by atoms with Crippen LogP contribution in [-0.2, 0) is 0 Å². The zero-order chi connectivity index (χ0) is 22.3. The molecule has 2 heteroatoms. The van der Waals surface area contributed by atoms with Crippen LogP contribution in [0.25, 0.3) is 0 Å². The smallest absolute Gasteiger partial charge is 0.0195 e. The van der Waals surface area contributed by atoms with Crippen molar-refractivity contribution in [2.75, 3.05) is 12.3 Å². The average Bonchev–Trinajstić information content (AvgIpc) is 3.44. The summed E-state index contributed by atoms with van der Waals surface area (Å²) in [6.07, 6.45) is 11.4. The molecule has 4 aromatic rings. The first-order valence-electron chi connectivity index (χ1n) is 11.5. The molecule has 4 aromatic carbocycles. The first kappa shape index (κ1) is 21.9. The standard InChI is InChI=1S/C31H28P2/c1-5-15-27(16-6-1)32(28-17-7-2-8-18-28)25-26-33(31-23-13-14-24-31,29-19-9-3-10-20-29)30-21-11-4-12-22-30/h1-24H,25-26H2. The van der Waals surface area contributed by atoms with Crippen molar-refractivity contribution >= 4 is 41.3 Å². The second-order valence-corrected chi connectivity index (χ2v) is 14.1. The molecule has 0 spiro atoms. The lowest BCUT2D eigenvalue weighted by Crippen LogP contribution is -2.26. The van der Waals surface area contributed by atoms with Gasteiger partial charge in [0.25, 0.3) is 0 Å². The molecule has 0 heterocycles. The molecule has 0 amide bonds. The first-order chi connectivity index (χ1) is 16.4. The van der Waals surface area contributed by atoms with Gasteiger partial charge in [0.1, 0.15) is 0 Å². The van der Waals surface area contributed by atoms with E-state index in [1.54, 1.807) is 0 Å². The molecule has 162 valence electrons. The van der Waals surface area contributed by atoms with Crippen LogP contribution in [0.5, 0.6) is 0 Å². The van der Waals surface area contributed by atoms with Gasteiger partial charge in [-0.2, -0.15) is 0 Å². The molecule has 1 aliphatic rings. The molecule has 0 saturated heterocycles. The van der Waals surface area contributed by atoms with Crippen LogP contribution in [0.4, 0.5) is 0 Å². The Bertz CT molecular complexity index is 1190. The van der Waals surface area contributed by atoms with Crippen LogP contribution >= 0.6 is 14.8 Å². The molecule has 0 saturated carbocycles. The predicted molar refractivity (Wildman–Crippen MR) is 151 cm³/mol. The Hall–Kier alpha value is -2.91. The highest BCUT2D eigenvalue weighted by atomic mass is 31.2. The zero-order valence-corrected chi connectivity index (χ0v) is 20.5. The number of allylic oxidation sites excluding steroid dienone is 4. The van der Waals surface area contributed by atoms with Gasteiger partial charge in [-0.15, -0.1) is 0 Å². The van der Waals surface area contributed by atoms with Gasteiger partial charge in [0.05, 0.1) is 0 Å². The van der Waals surface area contributed by atoms with E-state index in [0.717, 1.165) is 12.3 Å². The minimum Gasteiger partial charge on any atom is -0.0622 e. The van der Waals surface area contributed by atoms with Crippen molar-refractivity contribution in [2.24, 2.45) is 0 Å². The second kappa shape index (κ2) is 10.4. The van der Waals surface area contributed by atoms with Gasteiger partial charge in [-0.3, -0.25) is 0 Å². The first-order valence-corrected chi connectivity index (χ1v) is 15.0. The molecule has 0 aliphatic heterocycles. The fourth-order valence-electron chi connectivity index (χ4n) is 4.69. The van der Waals surface area contributed by atoms with E-state index in [1.165, 1.54) is 26.5 Å². The predicted octanol–water partition coefficient (Wildman–Crippen LogP) is 6.09. The normalized spacial score (nSPS) is 13.1. The minimum atomic E-state index is -1.78. The van der Waals surface area contributed by atoms with Crippen molar-refractivity contribution < 1.29 is 0 Å². The highest BCUT2D eigenvalue weighted by Crippen LogP contribution is 2.51. The third-order valence-electron chi connectivity index (χ3n) is 6.27. The van der Waals surface area contributed by atoms with Crippen LogP contribution in [0, 0.1) is 0 Å². The fourth-order valence-corrected chi connectivity index (χ4v) is 12.3. The van der Waals surface area contributed by atoms with E-state index in [4.69, 9.17) is 0 Å². The summed E-state index contributed by atoms with van der Waals surface area (Å²) in [6.45, 7) is -1.78. The molecule has 0 fully saturated rings. The van der Waals surface area contributed by atoms with Gasteiger partial charge in [0.15, 0.2) is 0 Å². The van der Waals surface area contributed by atoms with Crippen molar-refractivity contribution in [1.29, 1.82) is 0 Å². The summed E-state index contributed by atoms with van der Waals surface area (Å²) in [7, 11) is -0.444. The van der Waals surface area contributed by atoms with E-state index in [9.17, 15) is 0 Å². The van der Waals surface area contributed by atoms with Gasteiger partial charge in [-0.1, -0.05) is 146 Å². The maximum atomic E-state index is 2.35. The monoisotopic (exact) mass is 462 g/mol. The van der Waals surface area contributed by atoms with Crippen molar-refractivity contribution in [3.63, 3.8) is 0 Å². The fraction of sp³-hybridized carbons (Fsp3) is 0.0645. The van der Waals surface area contributed by atoms with E-state index in [2.05, 4.69) is 146 Å². The highest BCUT2D eigenvalue weighted by Gasteiger charge is 2.28. The van der Waals surface area contributed by atoms with E-state index in [0.29, 0.717) is 0 Å². The molecule has 5 rings (SSSR count). The number of hydrogen-bond donors (Lipinski definition) is 0. The van der Waals surface area contributed by atoms with Crippen LogP contribution in [0.1, 0.15) is 0 Å². The van der Waals surface area contributed by atoms with Crippen LogP contribution in [0.15, 0.2) is 146 Å². The summed E-state index contributed by atoms with van der Waals surface area (Å²) in [5, 5.41) is 7.34. The Morgan fingerprint density at radius 2 is 0.879 bits per heavy atom. The highest BCUT2D eigenvalue weighted by molar-refractivity contribution is 7.90.